The molecule has 12 heteroatoms. The Bertz CT molecular complexity index is 1300. The number of amides is 1. The first-order valence-corrected chi connectivity index (χ1v) is 10.5. The van der Waals surface area contributed by atoms with Crippen molar-refractivity contribution in [1.29, 1.82) is 0 Å². The summed E-state index contributed by atoms with van der Waals surface area (Å²) in [6.45, 7) is 1.31. The fourth-order valence-corrected chi connectivity index (χ4v) is 4.01. The Morgan fingerprint density at radius 3 is 2.47 bits per heavy atom. The highest BCUT2D eigenvalue weighted by Gasteiger charge is 2.34. The van der Waals surface area contributed by atoms with Crippen molar-refractivity contribution in [2.75, 3.05) is 31.1 Å². The summed E-state index contributed by atoms with van der Waals surface area (Å²) >= 11 is 0. The van der Waals surface area contributed by atoms with E-state index in [1.165, 1.54) is 6.20 Å². The predicted molar refractivity (Wildman–Crippen MR) is 118 cm³/mol. The van der Waals surface area contributed by atoms with Gasteiger partial charge in [0.2, 0.25) is 11.3 Å². The number of hydrogen-bond donors (Lipinski definition) is 0. The number of halogens is 3. The monoisotopic (exact) mass is 475 g/mol. The van der Waals surface area contributed by atoms with E-state index in [2.05, 4.69) is 5.10 Å². The van der Waals surface area contributed by atoms with Crippen LogP contribution in [0, 0.1) is 10.1 Å². The molecule has 0 saturated carbocycles. The number of alkyl halides is 3. The van der Waals surface area contributed by atoms with Crippen LogP contribution in [0.15, 0.2) is 53.5 Å². The molecule has 0 N–H and O–H groups in total. The molecule has 0 unspecified atom stereocenters. The van der Waals surface area contributed by atoms with Gasteiger partial charge >= 0.3 is 6.18 Å². The first-order valence-electron chi connectivity index (χ1n) is 10.5. The van der Waals surface area contributed by atoms with Crippen molar-refractivity contribution in [1.82, 2.24) is 14.7 Å². The first kappa shape index (κ1) is 23.2. The van der Waals surface area contributed by atoms with Crippen LogP contribution in [0.5, 0.6) is 0 Å². The summed E-state index contributed by atoms with van der Waals surface area (Å²) < 4.78 is 40.4. The molecule has 3 aromatic rings. The molecule has 9 nitrogen and oxygen atoms in total. The zero-order valence-electron chi connectivity index (χ0n) is 17.9. The van der Waals surface area contributed by atoms with Crippen molar-refractivity contribution in [3.05, 3.63) is 74.6 Å². The molecule has 0 radical (unpaired) electrons. The lowest BCUT2D eigenvalue weighted by Gasteiger charge is -2.36. The number of para-hydroxylation sites is 1. The second-order valence-electron chi connectivity index (χ2n) is 7.83. The maximum atomic E-state index is 12.9. The van der Waals surface area contributed by atoms with E-state index in [-0.39, 0.29) is 56.2 Å². The number of carbonyl (C=O) groups excluding carboxylic acids is 1. The maximum absolute atomic E-state index is 12.9. The lowest BCUT2D eigenvalue weighted by molar-refractivity contribution is -0.384. The van der Waals surface area contributed by atoms with Gasteiger partial charge in [-0.05, 0) is 24.3 Å². The summed E-state index contributed by atoms with van der Waals surface area (Å²) in [6.07, 6.45) is -3.33. The number of hydrogen-bond acceptors (Lipinski definition) is 6. The van der Waals surface area contributed by atoms with Crippen LogP contribution in [0.1, 0.15) is 12.0 Å². The average molecular weight is 475 g/mol. The maximum Gasteiger partial charge on any atom is 0.416 e. The van der Waals surface area contributed by atoms with Gasteiger partial charge in [-0.3, -0.25) is 24.4 Å². The highest BCUT2D eigenvalue weighted by Crippen LogP contribution is 2.36. The third-order valence-electron chi connectivity index (χ3n) is 5.77. The summed E-state index contributed by atoms with van der Waals surface area (Å²) in [6, 6.07) is 9.43. The number of rotatable bonds is 5. The molecule has 34 heavy (non-hydrogen) atoms. The number of nitro groups is 1. The minimum absolute atomic E-state index is 0.0917. The Hall–Kier alpha value is -3.96. The summed E-state index contributed by atoms with van der Waals surface area (Å²) in [7, 11) is 0. The minimum Gasteiger partial charge on any atom is -0.362 e. The standard InChI is InChI=1S/C22H20F3N5O4/c23-22(24,25)15-5-6-18(19(13-15)30(33)34)27-9-11-28(12-10-27)21(32)7-8-29-17-4-2-1-3-16(17)20(31)14-26-29/h1-6,13-14H,7-12H2. The molecule has 0 bridgehead atoms. The Morgan fingerprint density at radius 2 is 1.79 bits per heavy atom. The second-order valence-corrected chi connectivity index (χ2v) is 7.83. The lowest BCUT2D eigenvalue weighted by Crippen LogP contribution is -2.49. The highest BCUT2D eigenvalue weighted by molar-refractivity contribution is 5.79. The van der Waals surface area contributed by atoms with Crippen molar-refractivity contribution < 1.29 is 22.9 Å². The Kier molecular flexibility index (Phi) is 6.22. The van der Waals surface area contributed by atoms with Crippen LogP contribution >= 0.6 is 0 Å². The van der Waals surface area contributed by atoms with Gasteiger partial charge in [0.1, 0.15) is 5.69 Å². The zero-order valence-corrected chi connectivity index (χ0v) is 17.9. The Morgan fingerprint density at radius 1 is 1.09 bits per heavy atom. The topological polar surface area (TPSA) is 102 Å². The summed E-state index contributed by atoms with van der Waals surface area (Å²) in [5.74, 6) is -0.147. The van der Waals surface area contributed by atoms with Gasteiger partial charge in [-0.25, -0.2) is 0 Å². The molecule has 1 aliphatic heterocycles. The number of aryl methyl sites for hydroxylation is 1. The Labute approximate surface area is 191 Å². The van der Waals surface area contributed by atoms with E-state index in [4.69, 9.17) is 0 Å². The van der Waals surface area contributed by atoms with Crippen LogP contribution in [0.3, 0.4) is 0 Å². The molecule has 1 fully saturated rings. The molecule has 1 saturated heterocycles. The third-order valence-corrected chi connectivity index (χ3v) is 5.77. The van der Waals surface area contributed by atoms with Gasteiger partial charge in [-0.1, -0.05) is 12.1 Å². The quantitative estimate of drug-likeness (QED) is 0.415. The highest BCUT2D eigenvalue weighted by atomic mass is 19.4. The molecule has 4 rings (SSSR count). The summed E-state index contributed by atoms with van der Waals surface area (Å²) in [5.41, 5.74) is -1.19. The fourth-order valence-electron chi connectivity index (χ4n) is 4.01. The largest absolute Gasteiger partial charge is 0.416 e. The van der Waals surface area contributed by atoms with E-state index in [1.807, 2.05) is 0 Å². The number of nitrogens with zero attached hydrogens (tertiary/aromatic N) is 5. The van der Waals surface area contributed by atoms with E-state index in [1.54, 1.807) is 38.7 Å². The van der Waals surface area contributed by atoms with E-state index in [0.29, 0.717) is 17.0 Å². The van der Waals surface area contributed by atoms with Crippen molar-refractivity contribution >= 4 is 28.2 Å². The first-order chi connectivity index (χ1) is 16.1. The van der Waals surface area contributed by atoms with Crippen molar-refractivity contribution in [2.45, 2.75) is 19.1 Å². The lowest BCUT2D eigenvalue weighted by atomic mass is 10.1. The van der Waals surface area contributed by atoms with Crippen LogP contribution < -0.4 is 10.3 Å². The van der Waals surface area contributed by atoms with Crippen LogP contribution in [-0.2, 0) is 17.5 Å². The van der Waals surface area contributed by atoms with Crippen molar-refractivity contribution in [3.63, 3.8) is 0 Å². The number of nitro benzene ring substituents is 1. The smallest absolute Gasteiger partial charge is 0.362 e. The van der Waals surface area contributed by atoms with E-state index < -0.39 is 22.4 Å². The van der Waals surface area contributed by atoms with E-state index in [9.17, 15) is 32.9 Å². The fraction of sp³-hybridized carbons (Fsp3) is 0.318. The molecular formula is C22H20F3N5O4. The molecule has 178 valence electrons. The number of benzene rings is 2. The van der Waals surface area contributed by atoms with Crippen LogP contribution in [0.2, 0.25) is 0 Å². The van der Waals surface area contributed by atoms with Crippen molar-refractivity contribution in [2.24, 2.45) is 0 Å². The molecule has 0 atom stereocenters. The summed E-state index contributed by atoms with van der Waals surface area (Å²) in [5, 5.41) is 16.0. The molecule has 2 heterocycles. The van der Waals surface area contributed by atoms with Crippen molar-refractivity contribution in [3.8, 4) is 0 Å². The molecule has 1 amide bonds. The number of fused-ring (bicyclic) bond motifs is 1. The third kappa shape index (κ3) is 4.70. The molecule has 1 aliphatic rings. The number of piperazine rings is 1. The zero-order chi connectivity index (χ0) is 24.5. The number of aromatic nitrogens is 2. The minimum atomic E-state index is -4.68. The molecule has 1 aromatic heterocycles. The van der Waals surface area contributed by atoms with E-state index in [0.717, 1.165) is 12.1 Å². The summed E-state index contributed by atoms with van der Waals surface area (Å²) in [4.78, 5) is 38.4. The SMILES string of the molecule is O=C(CCn1ncc(=O)c2ccccc21)N1CCN(c2ccc(C(F)(F)F)cc2[N+](=O)[O-])CC1. The molecule has 2 aromatic carbocycles. The number of carbonyl (C=O) groups is 1. The normalized spacial score (nSPS) is 14.4. The van der Waals surface area contributed by atoms with Gasteiger partial charge < -0.3 is 9.80 Å². The predicted octanol–water partition coefficient (Wildman–Crippen LogP) is 3.06. The number of anilines is 1. The molecule has 0 spiro atoms. The molecular weight excluding hydrogens is 455 g/mol. The van der Waals surface area contributed by atoms with Gasteiger partial charge in [0.25, 0.3) is 5.69 Å². The van der Waals surface area contributed by atoms with Gasteiger partial charge in [0, 0.05) is 44.1 Å². The second kappa shape index (κ2) is 9.12. The van der Waals surface area contributed by atoms with E-state index >= 15 is 0 Å². The van der Waals surface area contributed by atoms with Gasteiger partial charge in [0.15, 0.2) is 0 Å². The van der Waals surface area contributed by atoms with Gasteiger partial charge in [0.05, 0.1) is 28.7 Å². The van der Waals surface area contributed by atoms with Crippen LogP contribution in [0.4, 0.5) is 24.5 Å². The Balaban J connectivity index is 1.41. The molecule has 0 aliphatic carbocycles. The van der Waals surface area contributed by atoms with Crippen LogP contribution in [-0.4, -0.2) is 51.7 Å². The average Bonchev–Trinajstić information content (AvgIpc) is 2.83. The van der Waals surface area contributed by atoms with Gasteiger partial charge in [-0.15, -0.1) is 0 Å². The van der Waals surface area contributed by atoms with Crippen LogP contribution in [0.25, 0.3) is 10.9 Å². The van der Waals surface area contributed by atoms with Gasteiger partial charge in [-0.2, -0.15) is 18.3 Å².